The molecular weight excluding hydrogens is 294 g/mol. The summed E-state index contributed by atoms with van der Waals surface area (Å²) in [5.41, 5.74) is 0.582. The first-order valence-electron chi connectivity index (χ1n) is 6.39. The summed E-state index contributed by atoms with van der Waals surface area (Å²) < 4.78 is 5.19. The van der Waals surface area contributed by atoms with Crippen molar-refractivity contribution in [3.05, 3.63) is 24.2 Å². The van der Waals surface area contributed by atoms with Crippen molar-refractivity contribution in [2.24, 2.45) is 10.2 Å². The second-order valence-corrected chi connectivity index (χ2v) is 5.50. The third kappa shape index (κ3) is 3.52. The molecule has 1 amide bonds. The molecule has 0 spiro atoms. The zero-order valence-corrected chi connectivity index (χ0v) is 12.5. The molecule has 112 valence electrons. The van der Waals surface area contributed by atoms with Gasteiger partial charge in [-0.25, -0.2) is 0 Å². The Morgan fingerprint density at radius 3 is 2.90 bits per heavy atom. The highest BCUT2D eigenvalue weighted by Gasteiger charge is 2.38. The normalized spacial score (nSPS) is 21.3. The van der Waals surface area contributed by atoms with Crippen LogP contribution in [0, 0.1) is 0 Å². The molecule has 1 N–H and O–H groups in total. The highest BCUT2D eigenvalue weighted by atomic mass is 32.2. The van der Waals surface area contributed by atoms with E-state index in [1.54, 1.807) is 26.0 Å². The van der Waals surface area contributed by atoms with Crippen molar-refractivity contribution in [1.82, 2.24) is 4.90 Å². The largest absolute Gasteiger partial charge is 0.481 e. The van der Waals surface area contributed by atoms with Crippen LogP contribution < -0.4 is 0 Å². The molecule has 0 aliphatic carbocycles. The van der Waals surface area contributed by atoms with Gasteiger partial charge in [-0.3, -0.25) is 14.5 Å². The zero-order valence-electron chi connectivity index (χ0n) is 11.6. The monoisotopic (exact) mass is 309 g/mol. The molecule has 1 unspecified atom stereocenters. The van der Waals surface area contributed by atoms with E-state index < -0.39 is 11.2 Å². The molecule has 8 heteroatoms. The van der Waals surface area contributed by atoms with Crippen LogP contribution >= 0.6 is 11.8 Å². The average molecular weight is 309 g/mol. The number of carbonyl (C=O) groups is 2. The summed E-state index contributed by atoms with van der Waals surface area (Å²) in [6.45, 7) is 3.98. The summed E-state index contributed by atoms with van der Waals surface area (Å²) >= 11 is 1.13. The fourth-order valence-electron chi connectivity index (χ4n) is 1.82. The van der Waals surface area contributed by atoms with Gasteiger partial charge in [0.15, 0.2) is 5.17 Å². The van der Waals surface area contributed by atoms with Crippen LogP contribution in [-0.4, -0.2) is 44.6 Å². The van der Waals surface area contributed by atoms with Gasteiger partial charge in [-0.05, 0) is 26.0 Å². The number of carboxylic acids is 1. The quantitative estimate of drug-likeness (QED) is 0.661. The van der Waals surface area contributed by atoms with Crippen molar-refractivity contribution < 1.29 is 19.1 Å². The second kappa shape index (κ2) is 6.57. The third-order valence-corrected chi connectivity index (χ3v) is 4.03. The van der Waals surface area contributed by atoms with Crippen molar-refractivity contribution in [2.75, 3.05) is 6.54 Å². The van der Waals surface area contributed by atoms with Crippen molar-refractivity contribution in [3.8, 4) is 0 Å². The smallest absolute Gasteiger partial charge is 0.305 e. The van der Waals surface area contributed by atoms with Gasteiger partial charge in [0.2, 0.25) is 5.91 Å². The van der Waals surface area contributed by atoms with E-state index in [9.17, 15) is 9.59 Å². The first-order valence-corrected chi connectivity index (χ1v) is 7.26. The van der Waals surface area contributed by atoms with Crippen molar-refractivity contribution in [2.45, 2.75) is 25.5 Å². The molecule has 1 fully saturated rings. The van der Waals surface area contributed by atoms with Crippen LogP contribution in [0.2, 0.25) is 0 Å². The predicted octanol–water partition coefficient (Wildman–Crippen LogP) is 1.80. The number of hydrogen-bond donors (Lipinski definition) is 1. The summed E-state index contributed by atoms with van der Waals surface area (Å²) in [6, 6.07) is 3.51. The second-order valence-electron chi connectivity index (χ2n) is 4.33. The van der Waals surface area contributed by atoms with Crippen LogP contribution in [0.5, 0.6) is 0 Å². The minimum Gasteiger partial charge on any atom is -0.481 e. The Hall–Kier alpha value is -2.09. The van der Waals surface area contributed by atoms with Gasteiger partial charge in [-0.2, -0.15) is 0 Å². The number of rotatable bonds is 5. The Balaban J connectivity index is 2.18. The molecule has 1 aromatic heterocycles. The topological polar surface area (TPSA) is 95.5 Å². The lowest BCUT2D eigenvalue weighted by molar-refractivity contribution is -0.139. The van der Waals surface area contributed by atoms with Gasteiger partial charge < -0.3 is 9.52 Å². The van der Waals surface area contributed by atoms with Gasteiger partial charge in [0.05, 0.1) is 12.7 Å². The van der Waals surface area contributed by atoms with Gasteiger partial charge in [0.1, 0.15) is 16.7 Å². The fraction of sp³-hybridized carbons (Fsp3) is 0.385. The highest BCUT2D eigenvalue weighted by Crippen LogP contribution is 2.29. The Labute approximate surface area is 125 Å². The van der Waals surface area contributed by atoms with Crippen LogP contribution in [0.15, 0.2) is 33.0 Å². The lowest BCUT2D eigenvalue weighted by Crippen LogP contribution is -2.32. The van der Waals surface area contributed by atoms with E-state index in [1.807, 2.05) is 0 Å². The molecule has 7 nitrogen and oxygen atoms in total. The van der Waals surface area contributed by atoms with Crippen LogP contribution in [0.4, 0.5) is 0 Å². The van der Waals surface area contributed by atoms with Crippen LogP contribution in [0.3, 0.4) is 0 Å². The Morgan fingerprint density at radius 2 is 2.33 bits per heavy atom. The van der Waals surface area contributed by atoms with Crippen molar-refractivity contribution in [1.29, 1.82) is 0 Å². The lowest BCUT2D eigenvalue weighted by atomic mass is 10.3. The number of carbonyl (C=O) groups excluding carboxylic acids is 1. The fourth-order valence-corrected chi connectivity index (χ4v) is 2.96. The number of furan rings is 1. The van der Waals surface area contributed by atoms with Crippen LogP contribution in [0.25, 0.3) is 0 Å². The molecule has 21 heavy (non-hydrogen) atoms. The molecule has 1 atom stereocenters. The molecule has 0 bridgehead atoms. The van der Waals surface area contributed by atoms with Gasteiger partial charge in [-0.15, -0.1) is 10.2 Å². The van der Waals surface area contributed by atoms with Crippen LogP contribution in [-0.2, 0) is 9.59 Å². The molecule has 1 aliphatic heterocycles. The molecule has 1 aromatic rings. The Bertz CT molecular complexity index is 595. The Morgan fingerprint density at radius 1 is 1.57 bits per heavy atom. The molecule has 1 aliphatic rings. The van der Waals surface area contributed by atoms with E-state index in [1.165, 1.54) is 11.2 Å². The first-order chi connectivity index (χ1) is 10.0. The maximum atomic E-state index is 12.0. The van der Waals surface area contributed by atoms with E-state index in [0.717, 1.165) is 11.8 Å². The highest BCUT2D eigenvalue weighted by molar-refractivity contribution is 8.15. The molecule has 2 heterocycles. The molecule has 0 aromatic carbocycles. The van der Waals surface area contributed by atoms with Gasteiger partial charge >= 0.3 is 5.97 Å². The summed E-state index contributed by atoms with van der Waals surface area (Å²) in [4.78, 5) is 24.3. The first kappa shape index (κ1) is 15.3. The lowest BCUT2D eigenvalue weighted by Gasteiger charge is -2.11. The zero-order chi connectivity index (χ0) is 15.4. The molecule has 1 saturated heterocycles. The van der Waals surface area contributed by atoms with E-state index >= 15 is 0 Å². The number of aliphatic carboxylic acids is 1. The number of nitrogens with zero attached hydrogens (tertiary/aromatic N) is 3. The van der Waals surface area contributed by atoms with Gasteiger partial charge in [0.25, 0.3) is 0 Å². The number of carboxylic acid groups (broad SMARTS) is 1. The SMILES string of the molecule is CCN1C(=O)C(CC(=O)O)SC1=NN=C(C)c1ccco1. The number of amidine groups is 1. The maximum absolute atomic E-state index is 12.0. The van der Waals surface area contributed by atoms with E-state index in [0.29, 0.717) is 23.2 Å². The summed E-state index contributed by atoms with van der Waals surface area (Å²) in [7, 11) is 0. The average Bonchev–Trinajstić information content (AvgIpc) is 3.05. The van der Waals surface area contributed by atoms with Crippen molar-refractivity contribution in [3.63, 3.8) is 0 Å². The summed E-state index contributed by atoms with van der Waals surface area (Å²) in [6.07, 6.45) is 1.32. The maximum Gasteiger partial charge on any atom is 0.305 e. The molecule has 0 saturated carbocycles. The minimum atomic E-state index is -1.01. The van der Waals surface area contributed by atoms with Gasteiger partial charge in [0, 0.05) is 6.54 Å². The van der Waals surface area contributed by atoms with Crippen LogP contribution in [0.1, 0.15) is 26.0 Å². The Kier molecular flexibility index (Phi) is 4.79. The standard InChI is InChI=1S/C13H15N3O4S/c1-3-16-12(19)10(7-11(17)18)21-13(16)15-14-8(2)9-5-4-6-20-9/h4-6,10H,3,7H2,1-2H3,(H,17,18). The number of hydrogen-bond acceptors (Lipinski definition) is 6. The summed E-state index contributed by atoms with van der Waals surface area (Å²) in [5.74, 6) is -0.651. The molecule has 2 rings (SSSR count). The van der Waals surface area contributed by atoms with Crippen molar-refractivity contribution >= 4 is 34.5 Å². The summed E-state index contributed by atoms with van der Waals surface area (Å²) in [5, 5.41) is 16.7. The number of amides is 1. The minimum absolute atomic E-state index is 0.222. The van der Waals surface area contributed by atoms with E-state index in [-0.39, 0.29) is 12.3 Å². The third-order valence-electron chi connectivity index (χ3n) is 2.86. The van der Waals surface area contributed by atoms with Gasteiger partial charge in [-0.1, -0.05) is 11.8 Å². The number of thioether (sulfide) groups is 1. The molecule has 0 radical (unpaired) electrons. The van der Waals surface area contributed by atoms with E-state index in [4.69, 9.17) is 9.52 Å². The molecular formula is C13H15N3O4S. The predicted molar refractivity (Wildman–Crippen MR) is 79.4 cm³/mol. The van der Waals surface area contributed by atoms with E-state index in [2.05, 4.69) is 10.2 Å².